The summed E-state index contributed by atoms with van der Waals surface area (Å²) in [6, 6.07) is 18.8. The number of hydrogen-bond donors (Lipinski definition) is 1. The highest BCUT2D eigenvalue weighted by molar-refractivity contribution is 6.37. The Morgan fingerprint density at radius 1 is 0.966 bits per heavy atom. The molecule has 0 aliphatic heterocycles. The van der Waals surface area contributed by atoms with Crippen LogP contribution in [0.2, 0.25) is 0 Å². The summed E-state index contributed by atoms with van der Waals surface area (Å²) in [6.07, 6.45) is 3.45. The number of fused-ring (bicyclic) bond motifs is 2. The van der Waals surface area contributed by atoms with Crippen molar-refractivity contribution in [1.82, 2.24) is 4.98 Å². The number of nitriles is 1. The van der Waals surface area contributed by atoms with Crippen molar-refractivity contribution in [3.05, 3.63) is 72.6 Å². The third-order valence-electron chi connectivity index (χ3n) is 4.95. The highest BCUT2D eigenvalue weighted by atomic mass is 16.4. The number of carboxylic acid groups (broad SMARTS) is 1. The van der Waals surface area contributed by atoms with Crippen LogP contribution in [0.4, 0.5) is 5.69 Å². The summed E-state index contributed by atoms with van der Waals surface area (Å²) in [6.45, 7) is 0. The molecule has 0 aliphatic rings. The molecule has 0 saturated heterocycles. The number of hydrogen-bond acceptors (Lipinski definition) is 4. The van der Waals surface area contributed by atoms with Gasteiger partial charge in [0.25, 0.3) is 0 Å². The number of aliphatic carboxylic acids is 1. The molecule has 0 radical (unpaired) electrons. The van der Waals surface area contributed by atoms with E-state index in [4.69, 9.17) is 5.11 Å². The minimum Gasteiger partial charge on any atom is -0.474 e. The van der Waals surface area contributed by atoms with Crippen molar-refractivity contribution < 1.29 is 14.7 Å². The highest BCUT2D eigenvalue weighted by Crippen LogP contribution is 2.35. The van der Waals surface area contributed by atoms with E-state index in [9.17, 15) is 14.9 Å². The first kappa shape index (κ1) is 18.1. The van der Waals surface area contributed by atoms with Crippen LogP contribution < -0.4 is 4.90 Å². The molecule has 0 fully saturated rings. The van der Waals surface area contributed by atoms with Gasteiger partial charge in [0.2, 0.25) is 0 Å². The molecule has 1 aromatic heterocycles. The van der Waals surface area contributed by atoms with Crippen LogP contribution in [0.3, 0.4) is 0 Å². The van der Waals surface area contributed by atoms with Crippen LogP contribution in [-0.2, 0) is 9.59 Å². The first-order valence-electron chi connectivity index (χ1n) is 8.82. The van der Waals surface area contributed by atoms with E-state index < -0.39 is 11.9 Å². The molecule has 0 aliphatic carbocycles. The average Bonchev–Trinajstić information content (AvgIpc) is 2.76. The van der Waals surface area contributed by atoms with Gasteiger partial charge < -0.3 is 10.0 Å². The van der Waals surface area contributed by atoms with Gasteiger partial charge in [0.05, 0.1) is 11.6 Å². The van der Waals surface area contributed by atoms with Crippen LogP contribution >= 0.6 is 0 Å². The first-order valence-corrected chi connectivity index (χ1v) is 8.82. The van der Waals surface area contributed by atoms with Gasteiger partial charge in [-0.3, -0.25) is 9.78 Å². The third-order valence-corrected chi connectivity index (χ3v) is 4.95. The zero-order valence-corrected chi connectivity index (χ0v) is 15.5. The second-order valence-electron chi connectivity index (χ2n) is 6.58. The van der Waals surface area contributed by atoms with Crippen LogP contribution in [-0.4, -0.2) is 29.0 Å². The fourth-order valence-electron chi connectivity index (χ4n) is 3.47. The minimum absolute atomic E-state index is 0.468. The number of aromatic nitrogens is 1. The van der Waals surface area contributed by atoms with Crippen molar-refractivity contribution in [1.29, 1.82) is 5.26 Å². The van der Waals surface area contributed by atoms with Crippen LogP contribution in [0.25, 0.3) is 32.7 Å². The molecule has 4 aromatic rings. The Labute approximate surface area is 166 Å². The Bertz CT molecular complexity index is 1340. The number of nitrogens with zero attached hydrogens (tertiary/aromatic N) is 3. The lowest BCUT2D eigenvalue weighted by molar-refractivity contribution is -0.148. The zero-order chi connectivity index (χ0) is 20.5. The lowest BCUT2D eigenvalue weighted by Gasteiger charge is -2.17. The number of rotatable bonds is 2. The molecule has 0 bridgehead atoms. The number of carbonyl (C=O) groups excluding carboxylic acids is 1. The molecular formula is C23H15N3O3. The van der Waals surface area contributed by atoms with E-state index in [1.165, 1.54) is 7.05 Å². The summed E-state index contributed by atoms with van der Waals surface area (Å²) in [5.74, 6) is -2.52. The van der Waals surface area contributed by atoms with Crippen LogP contribution in [0, 0.1) is 11.3 Å². The van der Waals surface area contributed by atoms with Gasteiger partial charge in [-0.05, 0) is 34.5 Å². The number of amides is 1. The fraction of sp³-hybridized carbons (Fsp3) is 0.0435. The van der Waals surface area contributed by atoms with Gasteiger partial charge in [-0.25, -0.2) is 4.79 Å². The van der Waals surface area contributed by atoms with E-state index in [1.807, 2.05) is 30.3 Å². The quantitative estimate of drug-likeness (QED) is 0.530. The molecule has 1 N–H and O–H groups in total. The summed E-state index contributed by atoms with van der Waals surface area (Å²) < 4.78 is 0. The molecule has 6 heteroatoms. The van der Waals surface area contributed by atoms with Gasteiger partial charge in [0.1, 0.15) is 0 Å². The smallest absolute Gasteiger partial charge is 0.394 e. The minimum atomic E-state index is -1.51. The molecular weight excluding hydrogens is 366 g/mol. The molecule has 0 saturated carbocycles. The molecule has 140 valence electrons. The van der Waals surface area contributed by atoms with Crippen LogP contribution in [0.5, 0.6) is 0 Å². The number of likely N-dealkylation sites (N-methyl/N-ethyl adjacent to an activating group) is 1. The SMILES string of the molecule is CN(C(=O)C(=O)O)c1ccc2cncc(-c3ccc(C#N)c4ccccc34)c2c1. The normalized spacial score (nSPS) is 10.6. The summed E-state index contributed by atoms with van der Waals surface area (Å²) in [4.78, 5) is 28.3. The highest BCUT2D eigenvalue weighted by Gasteiger charge is 2.19. The fourth-order valence-corrected chi connectivity index (χ4v) is 3.47. The number of pyridine rings is 1. The predicted molar refractivity (Wildman–Crippen MR) is 110 cm³/mol. The molecule has 4 rings (SSSR count). The first-order chi connectivity index (χ1) is 14.0. The standard InChI is InChI=1S/C23H15N3O3/c1-26(22(27)23(28)29)16-8-6-15-12-25-13-21(20(15)10-16)19-9-7-14(11-24)17-4-2-3-5-18(17)19/h2-10,12-13H,1H3,(H,28,29). The molecule has 0 unspecified atom stereocenters. The Hall–Kier alpha value is -4.24. The second kappa shape index (κ2) is 7.06. The van der Waals surface area contributed by atoms with Crippen LogP contribution in [0.15, 0.2) is 67.0 Å². The van der Waals surface area contributed by atoms with E-state index >= 15 is 0 Å². The van der Waals surface area contributed by atoms with Crippen molar-refractivity contribution in [2.24, 2.45) is 0 Å². The second-order valence-corrected chi connectivity index (χ2v) is 6.58. The van der Waals surface area contributed by atoms with Crippen molar-refractivity contribution in [3.8, 4) is 17.2 Å². The van der Waals surface area contributed by atoms with E-state index in [2.05, 4.69) is 11.1 Å². The lowest BCUT2D eigenvalue weighted by atomic mass is 9.93. The van der Waals surface area contributed by atoms with Crippen LogP contribution in [0.1, 0.15) is 5.56 Å². The molecule has 29 heavy (non-hydrogen) atoms. The third kappa shape index (κ3) is 3.05. The molecule has 0 spiro atoms. The Morgan fingerprint density at radius 3 is 2.45 bits per heavy atom. The maximum Gasteiger partial charge on any atom is 0.394 e. The predicted octanol–water partition coefficient (Wildman–Crippen LogP) is 3.97. The molecule has 3 aromatic carbocycles. The van der Waals surface area contributed by atoms with Gasteiger partial charge in [-0.1, -0.05) is 36.4 Å². The van der Waals surface area contributed by atoms with Gasteiger partial charge >= 0.3 is 11.9 Å². The number of benzene rings is 3. The topological polar surface area (TPSA) is 94.3 Å². The van der Waals surface area contributed by atoms with Crippen molar-refractivity contribution in [2.75, 3.05) is 11.9 Å². The molecule has 6 nitrogen and oxygen atoms in total. The van der Waals surface area contributed by atoms with E-state index in [1.54, 1.807) is 36.7 Å². The Balaban J connectivity index is 1.97. The van der Waals surface area contributed by atoms with Gasteiger partial charge in [0.15, 0.2) is 0 Å². The van der Waals surface area contributed by atoms with E-state index in [-0.39, 0.29) is 0 Å². The monoisotopic (exact) mass is 381 g/mol. The molecule has 1 heterocycles. The average molecular weight is 381 g/mol. The Morgan fingerprint density at radius 2 is 1.72 bits per heavy atom. The van der Waals surface area contributed by atoms with Crippen molar-refractivity contribution in [3.63, 3.8) is 0 Å². The van der Waals surface area contributed by atoms with Gasteiger partial charge in [0, 0.05) is 41.5 Å². The van der Waals surface area contributed by atoms with Crippen molar-refractivity contribution in [2.45, 2.75) is 0 Å². The largest absolute Gasteiger partial charge is 0.474 e. The van der Waals surface area contributed by atoms with Gasteiger partial charge in [-0.2, -0.15) is 5.26 Å². The van der Waals surface area contributed by atoms with Gasteiger partial charge in [-0.15, -0.1) is 0 Å². The summed E-state index contributed by atoms with van der Waals surface area (Å²) in [7, 11) is 1.43. The Kier molecular flexibility index (Phi) is 4.41. The van der Waals surface area contributed by atoms with Crippen molar-refractivity contribution >= 4 is 39.1 Å². The maximum absolute atomic E-state index is 11.9. The van der Waals surface area contributed by atoms with E-state index in [0.29, 0.717) is 11.3 Å². The summed E-state index contributed by atoms with van der Waals surface area (Å²) >= 11 is 0. The number of carbonyl (C=O) groups is 2. The summed E-state index contributed by atoms with van der Waals surface area (Å²) in [5, 5.41) is 21.9. The zero-order valence-electron chi connectivity index (χ0n) is 15.5. The summed E-state index contributed by atoms with van der Waals surface area (Å²) in [5.41, 5.74) is 2.80. The lowest BCUT2D eigenvalue weighted by Crippen LogP contribution is -2.32. The number of anilines is 1. The number of carboxylic acids is 1. The molecule has 1 amide bonds. The molecule has 0 atom stereocenters. The van der Waals surface area contributed by atoms with E-state index in [0.717, 1.165) is 37.6 Å². The maximum atomic E-state index is 11.9.